The summed E-state index contributed by atoms with van der Waals surface area (Å²) < 4.78 is 71.2. The van der Waals surface area contributed by atoms with Crippen molar-refractivity contribution in [2.45, 2.75) is 57.2 Å². The Hall–Kier alpha value is -1.66. The minimum Gasteiger partial charge on any atom is -0.374 e. The van der Waals surface area contributed by atoms with Gasteiger partial charge in [-0.1, -0.05) is 19.3 Å². The third kappa shape index (κ3) is 6.07. The van der Waals surface area contributed by atoms with Crippen molar-refractivity contribution in [1.82, 2.24) is 14.3 Å². The van der Waals surface area contributed by atoms with Crippen molar-refractivity contribution < 1.29 is 26.3 Å². The maximum atomic E-state index is 13.6. The molecule has 12 heteroatoms. The fourth-order valence-corrected chi connectivity index (χ4v) is 6.11. The normalized spacial score (nSPS) is 24.7. The molecule has 0 bridgehead atoms. The van der Waals surface area contributed by atoms with Crippen LogP contribution in [0.1, 0.15) is 50.8 Å². The minimum absolute atomic E-state index is 0.0654. The van der Waals surface area contributed by atoms with Crippen LogP contribution in [0.4, 0.5) is 24.8 Å². The molecule has 1 aromatic rings. The molecule has 33 heavy (non-hydrogen) atoms. The van der Waals surface area contributed by atoms with E-state index in [1.54, 1.807) is 6.07 Å². The van der Waals surface area contributed by atoms with Crippen LogP contribution in [0.25, 0.3) is 0 Å². The van der Waals surface area contributed by atoms with E-state index in [0.29, 0.717) is 6.54 Å². The highest BCUT2D eigenvalue weighted by atomic mass is 32.2. The molecule has 3 fully saturated rings. The third-order valence-electron chi connectivity index (χ3n) is 6.95. The van der Waals surface area contributed by atoms with E-state index >= 15 is 0 Å². The average molecular weight is 492 g/mol. The molecule has 1 aromatic heterocycles. The maximum Gasteiger partial charge on any atom is 0.451 e. The second-order valence-corrected chi connectivity index (χ2v) is 11.5. The van der Waals surface area contributed by atoms with Gasteiger partial charge in [-0.25, -0.2) is 18.4 Å². The van der Waals surface area contributed by atoms with Gasteiger partial charge in [0.25, 0.3) is 0 Å². The van der Waals surface area contributed by atoms with Crippen LogP contribution in [0.15, 0.2) is 6.07 Å². The molecule has 1 N–H and O–H groups in total. The molecule has 2 aliphatic heterocycles. The third-order valence-corrected chi connectivity index (χ3v) is 8.22. The zero-order valence-electron chi connectivity index (χ0n) is 18.9. The van der Waals surface area contributed by atoms with E-state index in [4.69, 9.17) is 4.74 Å². The Balaban J connectivity index is 1.51. The molecule has 4 rings (SSSR count). The Labute approximate surface area is 192 Å². The Bertz CT molecular complexity index is 932. The summed E-state index contributed by atoms with van der Waals surface area (Å²) in [5.74, 6) is -0.824. The van der Waals surface area contributed by atoms with Gasteiger partial charge in [-0.15, -0.1) is 0 Å². The van der Waals surface area contributed by atoms with E-state index in [1.165, 1.54) is 23.6 Å². The topological polar surface area (TPSA) is 87.7 Å². The summed E-state index contributed by atoms with van der Waals surface area (Å²) in [6.45, 7) is 2.18. The van der Waals surface area contributed by atoms with Crippen molar-refractivity contribution in [2.75, 3.05) is 55.8 Å². The molecule has 186 valence electrons. The molecule has 3 heterocycles. The molecule has 8 nitrogen and oxygen atoms in total. The standard InChI is InChI=1S/C21H32F3N5O3S/c1-33(30,31)29-10-11-32-16(14-29)13-25-17-12-18(27-19(26-17)21(22,23)24)28-9-5-8-20(15-28)6-3-2-4-7-20/h12,16H,2-11,13-15H2,1H3,(H,25,26,27). The lowest BCUT2D eigenvalue weighted by molar-refractivity contribution is -0.144. The van der Waals surface area contributed by atoms with Crippen LogP contribution in [-0.2, 0) is 20.9 Å². The number of rotatable bonds is 5. The van der Waals surface area contributed by atoms with E-state index < -0.39 is 28.1 Å². The molecule has 0 radical (unpaired) electrons. The zero-order chi connectivity index (χ0) is 23.7. The second kappa shape index (κ2) is 9.53. The highest BCUT2D eigenvalue weighted by Crippen LogP contribution is 2.44. The molecule has 1 unspecified atom stereocenters. The Morgan fingerprint density at radius 1 is 1.15 bits per heavy atom. The molecular weight excluding hydrogens is 459 g/mol. The summed E-state index contributed by atoms with van der Waals surface area (Å²) in [6.07, 6.45) is 3.82. The molecule has 0 amide bonds. The molecule has 1 spiro atoms. The molecule has 1 saturated carbocycles. The van der Waals surface area contributed by atoms with Gasteiger partial charge in [0.2, 0.25) is 15.8 Å². The number of ether oxygens (including phenoxy) is 1. The van der Waals surface area contributed by atoms with Gasteiger partial charge in [0.15, 0.2) is 0 Å². The van der Waals surface area contributed by atoms with Crippen molar-refractivity contribution in [1.29, 1.82) is 0 Å². The fourth-order valence-electron chi connectivity index (χ4n) is 5.26. The molecule has 3 aliphatic rings. The quantitative estimate of drug-likeness (QED) is 0.677. The van der Waals surface area contributed by atoms with Crippen LogP contribution < -0.4 is 10.2 Å². The highest BCUT2D eigenvalue weighted by Gasteiger charge is 2.39. The van der Waals surface area contributed by atoms with Crippen molar-refractivity contribution in [2.24, 2.45) is 5.41 Å². The van der Waals surface area contributed by atoms with Gasteiger partial charge < -0.3 is 15.0 Å². The van der Waals surface area contributed by atoms with Gasteiger partial charge >= 0.3 is 6.18 Å². The molecule has 1 atom stereocenters. The monoisotopic (exact) mass is 491 g/mol. The summed E-state index contributed by atoms with van der Waals surface area (Å²) >= 11 is 0. The SMILES string of the molecule is CS(=O)(=O)N1CCOC(CNc2cc(N3CCCC4(CCCCC4)C3)nc(C(F)(F)F)n2)C1. The first-order chi connectivity index (χ1) is 15.5. The molecule has 2 saturated heterocycles. The number of piperidine rings is 1. The predicted octanol–water partition coefficient (Wildman–Crippen LogP) is 3.12. The summed E-state index contributed by atoms with van der Waals surface area (Å²) in [6, 6.07) is 1.56. The van der Waals surface area contributed by atoms with Crippen LogP contribution >= 0.6 is 0 Å². The van der Waals surface area contributed by atoms with Crippen molar-refractivity contribution in [3.63, 3.8) is 0 Å². The number of nitrogens with one attached hydrogen (secondary N) is 1. The molecule has 0 aromatic carbocycles. The van der Waals surface area contributed by atoms with E-state index in [0.717, 1.165) is 38.5 Å². The van der Waals surface area contributed by atoms with Crippen LogP contribution in [0.5, 0.6) is 0 Å². The number of morpholine rings is 1. The van der Waals surface area contributed by atoms with E-state index in [9.17, 15) is 21.6 Å². The molecular formula is C21H32F3N5O3S. The first kappa shape index (κ1) is 24.5. The van der Waals surface area contributed by atoms with Crippen LogP contribution in [0, 0.1) is 5.41 Å². The van der Waals surface area contributed by atoms with E-state index in [1.807, 2.05) is 4.90 Å². The van der Waals surface area contributed by atoms with Crippen LogP contribution in [0.2, 0.25) is 0 Å². The van der Waals surface area contributed by atoms with Crippen molar-refractivity contribution in [3.05, 3.63) is 11.9 Å². The average Bonchev–Trinajstić information content (AvgIpc) is 2.77. The number of sulfonamides is 1. The van der Waals surface area contributed by atoms with Gasteiger partial charge in [0.05, 0.1) is 19.0 Å². The van der Waals surface area contributed by atoms with Gasteiger partial charge in [-0.3, -0.25) is 0 Å². The number of aromatic nitrogens is 2. The van der Waals surface area contributed by atoms with Gasteiger partial charge in [0, 0.05) is 38.8 Å². The summed E-state index contributed by atoms with van der Waals surface area (Å²) in [5.41, 5.74) is 0.165. The Morgan fingerprint density at radius 3 is 2.58 bits per heavy atom. The number of hydrogen-bond acceptors (Lipinski definition) is 7. The van der Waals surface area contributed by atoms with Crippen molar-refractivity contribution >= 4 is 21.7 Å². The minimum atomic E-state index is -4.67. The first-order valence-electron chi connectivity index (χ1n) is 11.6. The zero-order valence-corrected chi connectivity index (χ0v) is 19.7. The van der Waals surface area contributed by atoms with E-state index in [2.05, 4.69) is 15.3 Å². The highest BCUT2D eigenvalue weighted by molar-refractivity contribution is 7.88. The number of hydrogen-bond donors (Lipinski definition) is 1. The predicted molar refractivity (Wildman–Crippen MR) is 119 cm³/mol. The maximum absolute atomic E-state index is 13.6. The lowest BCUT2D eigenvalue weighted by Crippen LogP contribution is -2.47. The number of anilines is 2. The fraction of sp³-hybridized carbons (Fsp3) is 0.810. The summed E-state index contributed by atoms with van der Waals surface area (Å²) in [4.78, 5) is 9.54. The van der Waals surface area contributed by atoms with Crippen LogP contribution in [-0.4, -0.2) is 74.4 Å². The van der Waals surface area contributed by atoms with Gasteiger partial charge in [0.1, 0.15) is 11.6 Å². The first-order valence-corrected chi connectivity index (χ1v) is 13.4. The lowest BCUT2D eigenvalue weighted by atomic mass is 9.69. The van der Waals surface area contributed by atoms with E-state index in [-0.39, 0.29) is 43.3 Å². The van der Waals surface area contributed by atoms with Crippen LogP contribution in [0.3, 0.4) is 0 Å². The Morgan fingerprint density at radius 2 is 1.88 bits per heavy atom. The molecule has 1 aliphatic carbocycles. The van der Waals surface area contributed by atoms with Gasteiger partial charge in [-0.05, 0) is 31.1 Å². The summed E-state index contributed by atoms with van der Waals surface area (Å²) in [5, 5.41) is 2.93. The number of alkyl halides is 3. The Kier molecular flexibility index (Phi) is 7.07. The lowest BCUT2D eigenvalue weighted by Gasteiger charge is -2.45. The summed E-state index contributed by atoms with van der Waals surface area (Å²) in [7, 11) is -3.36. The van der Waals surface area contributed by atoms with Gasteiger partial charge in [-0.2, -0.15) is 17.5 Å². The smallest absolute Gasteiger partial charge is 0.374 e. The number of nitrogens with zero attached hydrogens (tertiary/aromatic N) is 4. The largest absolute Gasteiger partial charge is 0.451 e. The number of halogens is 3. The van der Waals surface area contributed by atoms with Crippen molar-refractivity contribution in [3.8, 4) is 0 Å². The second-order valence-electron chi connectivity index (χ2n) is 9.51.